The Hall–Kier alpha value is -2.28. The van der Waals surface area contributed by atoms with Gasteiger partial charge in [-0.2, -0.15) is 0 Å². The third-order valence-corrected chi connectivity index (χ3v) is 2.66. The molecule has 2 rings (SSSR count). The zero-order valence-corrected chi connectivity index (χ0v) is 11.2. The van der Waals surface area contributed by atoms with Crippen LogP contribution in [0.5, 0.6) is 0 Å². The number of halogens is 1. The monoisotopic (exact) mass is 278 g/mol. The number of aliphatic hydroxyl groups is 1. The number of aliphatic hydroxyl groups excluding tert-OH is 1. The first kappa shape index (κ1) is 14.1. The van der Waals surface area contributed by atoms with Gasteiger partial charge in [0.1, 0.15) is 5.82 Å². The summed E-state index contributed by atoms with van der Waals surface area (Å²) in [5.74, 6) is -0.783. The Balaban J connectivity index is 2.17. The van der Waals surface area contributed by atoms with E-state index in [1.165, 1.54) is 35.1 Å². The molecule has 7 heteroatoms. The van der Waals surface area contributed by atoms with Crippen LogP contribution in [0.2, 0.25) is 0 Å². The standard InChI is InChI=1S/C13H15FN4O2/c1-13(2,8-19)15-12(20)11-7-18(17-16-11)10-5-3-9(14)4-6-10/h3-7,19H,8H2,1-2H3,(H,15,20). The highest BCUT2D eigenvalue weighted by Crippen LogP contribution is 2.09. The minimum absolute atomic E-state index is 0.121. The first-order valence-corrected chi connectivity index (χ1v) is 6.03. The molecule has 0 spiro atoms. The number of aromatic nitrogens is 3. The molecule has 0 bridgehead atoms. The molecule has 2 N–H and O–H groups in total. The summed E-state index contributed by atoms with van der Waals surface area (Å²) in [6.07, 6.45) is 1.44. The van der Waals surface area contributed by atoms with Crippen molar-refractivity contribution in [3.63, 3.8) is 0 Å². The fraction of sp³-hybridized carbons (Fsp3) is 0.308. The lowest BCUT2D eigenvalue weighted by atomic mass is 10.1. The predicted octanol–water partition coefficient (Wildman–Crippen LogP) is 0.907. The van der Waals surface area contributed by atoms with Gasteiger partial charge >= 0.3 is 0 Å². The maximum absolute atomic E-state index is 12.8. The molecule has 0 saturated carbocycles. The van der Waals surface area contributed by atoms with Crippen LogP contribution in [0, 0.1) is 5.82 Å². The van der Waals surface area contributed by atoms with E-state index in [2.05, 4.69) is 15.6 Å². The number of nitrogens with zero attached hydrogens (tertiary/aromatic N) is 3. The number of nitrogens with one attached hydrogen (secondary N) is 1. The highest BCUT2D eigenvalue weighted by Gasteiger charge is 2.21. The molecule has 0 aliphatic carbocycles. The third-order valence-electron chi connectivity index (χ3n) is 2.66. The Morgan fingerprint density at radius 2 is 2.05 bits per heavy atom. The summed E-state index contributed by atoms with van der Waals surface area (Å²) in [6.45, 7) is 3.19. The van der Waals surface area contributed by atoms with Crippen LogP contribution in [-0.2, 0) is 0 Å². The molecule has 0 aliphatic heterocycles. The number of rotatable bonds is 4. The van der Waals surface area contributed by atoms with E-state index in [0.717, 1.165) is 0 Å². The Labute approximate surface area is 115 Å². The van der Waals surface area contributed by atoms with E-state index in [4.69, 9.17) is 5.11 Å². The second-order valence-corrected chi connectivity index (χ2v) is 5.02. The van der Waals surface area contributed by atoms with Crippen molar-refractivity contribution in [1.82, 2.24) is 20.3 Å². The van der Waals surface area contributed by atoms with Gasteiger partial charge in [0.05, 0.1) is 24.0 Å². The van der Waals surface area contributed by atoms with Crippen molar-refractivity contribution in [1.29, 1.82) is 0 Å². The van der Waals surface area contributed by atoms with Crippen LogP contribution in [0.4, 0.5) is 4.39 Å². The van der Waals surface area contributed by atoms with Crippen molar-refractivity contribution in [3.8, 4) is 5.69 Å². The third kappa shape index (κ3) is 3.18. The summed E-state index contributed by atoms with van der Waals surface area (Å²) in [4.78, 5) is 11.9. The van der Waals surface area contributed by atoms with Crippen LogP contribution >= 0.6 is 0 Å². The molecular weight excluding hydrogens is 263 g/mol. The Morgan fingerprint density at radius 1 is 1.40 bits per heavy atom. The molecule has 2 aromatic rings. The lowest BCUT2D eigenvalue weighted by Crippen LogP contribution is -2.46. The molecule has 6 nitrogen and oxygen atoms in total. The van der Waals surface area contributed by atoms with Crippen LogP contribution in [0.25, 0.3) is 5.69 Å². The Morgan fingerprint density at radius 3 is 2.65 bits per heavy atom. The van der Waals surface area contributed by atoms with E-state index < -0.39 is 11.4 Å². The van der Waals surface area contributed by atoms with Crippen molar-refractivity contribution in [3.05, 3.63) is 42.0 Å². The largest absolute Gasteiger partial charge is 0.394 e. The van der Waals surface area contributed by atoms with Gasteiger partial charge in [0.15, 0.2) is 5.69 Å². The quantitative estimate of drug-likeness (QED) is 0.871. The zero-order valence-electron chi connectivity index (χ0n) is 11.2. The molecule has 0 radical (unpaired) electrons. The van der Waals surface area contributed by atoms with Crippen molar-refractivity contribution in [2.45, 2.75) is 19.4 Å². The van der Waals surface area contributed by atoms with Crippen molar-refractivity contribution in [2.75, 3.05) is 6.61 Å². The average Bonchev–Trinajstić information content (AvgIpc) is 2.89. The topological polar surface area (TPSA) is 80.0 Å². The minimum atomic E-state index is -0.739. The van der Waals surface area contributed by atoms with Crippen LogP contribution < -0.4 is 5.32 Å². The van der Waals surface area contributed by atoms with Gasteiger partial charge in [0.25, 0.3) is 5.91 Å². The van der Waals surface area contributed by atoms with E-state index >= 15 is 0 Å². The second kappa shape index (κ2) is 5.38. The molecule has 0 atom stereocenters. The highest BCUT2D eigenvalue weighted by atomic mass is 19.1. The van der Waals surface area contributed by atoms with Crippen LogP contribution in [0.3, 0.4) is 0 Å². The molecule has 0 aliphatic rings. The Kier molecular flexibility index (Phi) is 3.80. The second-order valence-electron chi connectivity index (χ2n) is 5.02. The molecule has 20 heavy (non-hydrogen) atoms. The van der Waals surface area contributed by atoms with Crippen LogP contribution in [0.1, 0.15) is 24.3 Å². The average molecular weight is 278 g/mol. The fourth-order valence-corrected chi connectivity index (χ4v) is 1.50. The van der Waals surface area contributed by atoms with Crippen LogP contribution in [0.15, 0.2) is 30.5 Å². The lowest BCUT2D eigenvalue weighted by Gasteiger charge is -2.22. The van der Waals surface area contributed by atoms with Gasteiger partial charge < -0.3 is 10.4 Å². The van der Waals surface area contributed by atoms with E-state index in [1.807, 2.05) is 0 Å². The Bertz CT molecular complexity index is 607. The van der Waals surface area contributed by atoms with Gasteiger partial charge in [0.2, 0.25) is 0 Å². The maximum atomic E-state index is 12.8. The molecular formula is C13H15FN4O2. The molecule has 0 unspecified atom stereocenters. The molecule has 1 aromatic heterocycles. The molecule has 1 heterocycles. The van der Waals surface area contributed by atoms with E-state index in [1.54, 1.807) is 13.8 Å². The van der Waals surface area contributed by atoms with Gasteiger partial charge in [-0.05, 0) is 38.1 Å². The van der Waals surface area contributed by atoms with Crippen LogP contribution in [-0.4, -0.2) is 38.2 Å². The number of benzene rings is 1. The SMILES string of the molecule is CC(C)(CO)NC(=O)c1cn(-c2ccc(F)cc2)nn1. The van der Waals surface area contributed by atoms with Gasteiger partial charge in [-0.1, -0.05) is 5.21 Å². The summed E-state index contributed by atoms with van der Waals surface area (Å²) in [7, 11) is 0. The van der Waals surface area contributed by atoms with E-state index in [9.17, 15) is 9.18 Å². The van der Waals surface area contributed by atoms with Gasteiger partial charge in [-0.3, -0.25) is 4.79 Å². The van der Waals surface area contributed by atoms with Gasteiger partial charge in [-0.25, -0.2) is 9.07 Å². The molecule has 1 aromatic carbocycles. The number of carbonyl (C=O) groups excluding carboxylic acids is 1. The van der Waals surface area contributed by atoms with Gasteiger partial charge in [0, 0.05) is 0 Å². The zero-order chi connectivity index (χ0) is 14.8. The minimum Gasteiger partial charge on any atom is -0.394 e. The van der Waals surface area contributed by atoms with Crippen molar-refractivity contribution in [2.24, 2.45) is 0 Å². The summed E-state index contributed by atoms with van der Waals surface area (Å²) >= 11 is 0. The number of hydrogen-bond donors (Lipinski definition) is 2. The van der Waals surface area contributed by atoms with Crippen molar-refractivity contribution >= 4 is 5.91 Å². The number of amides is 1. The number of hydrogen-bond acceptors (Lipinski definition) is 4. The summed E-state index contributed by atoms with van der Waals surface area (Å²) in [5.41, 5.74) is -0.0216. The number of carbonyl (C=O) groups is 1. The van der Waals surface area contributed by atoms with E-state index in [0.29, 0.717) is 5.69 Å². The lowest BCUT2D eigenvalue weighted by molar-refractivity contribution is 0.0864. The van der Waals surface area contributed by atoms with Crippen molar-refractivity contribution < 1.29 is 14.3 Å². The molecule has 1 amide bonds. The molecule has 106 valence electrons. The highest BCUT2D eigenvalue weighted by molar-refractivity contribution is 5.92. The first-order chi connectivity index (χ1) is 9.41. The van der Waals surface area contributed by atoms with E-state index in [-0.39, 0.29) is 18.1 Å². The predicted molar refractivity (Wildman–Crippen MR) is 69.9 cm³/mol. The summed E-state index contributed by atoms with van der Waals surface area (Å²) < 4.78 is 14.2. The maximum Gasteiger partial charge on any atom is 0.273 e. The molecule has 0 fully saturated rings. The summed E-state index contributed by atoms with van der Waals surface area (Å²) in [5, 5.41) is 19.3. The smallest absolute Gasteiger partial charge is 0.273 e. The summed E-state index contributed by atoms with van der Waals surface area (Å²) in [6, 6.07) is 5.66. The fourth-order valence-electron chi connectivity index (χ4n) is 1.50. The first-order valence-electron chi connectivity index (χ1n) is 6.03. The molecule has 0 saturated heterocycles. The normalized spacial score (nSPS) is 11.4. The van der Waals surface area contributed by atoms with Gasteiger partial charge in [-0.15, -0.1) is 5.10 Å².